The molecule has 2 aromatic carbocycles. The van der Waals surface area contributed by atoms with Gasteiger partial charge < -0.3 is 9.64 Å². The van der Waals surface area contributed by atoms with Crippen LogP contribution in [0.4, 0.5) is 0 Å². The Morgan fingerprint density at radius 2 is 1.71 bits per heavy atom. The molecule has 0 radical (unpaired) electrons. The van der Waals surface area contributed by atoms with Gasteiger partial charge in [0.2, 0.25) is 0 Å². The topological polar surface area (TPSA) is 36.3 Å². The molecule has 3 heteroatoms. The van der Waals surface area contributed by atoms with E-state index in [0.717, 1.165) is 17.7 Å². The van der Waals surface area contributed by atoms with Crippen LogP contribution < -0.4 is 4.74 Å². The number of nitrogens with zero attached hydrogens (tertiary/aromatic N) is 1. The summed E-state index contributed by atoms with van der Waals surface area (Å²) < 4.78 is 5.40. The standard InChI is InChI=1S/C18H22N2O/c1-14(13-16-11-7-8-12-17(16)21-3)20(2)18(19)15-9-5-4-6-10-15/h4-12,14,19H,13H2,1-3H3. The first-order valence-corrected chi connectivity index (χ1v) is 7.12. The van der Waals surface area contributed by atoms with Crippen LogP contribution in [0.15, 0.2) is 54.6 Å². The molecule has 0 saturated heterocycles. The Hall–Kier alpha value is -2.29. The molecule has 21 heavy (non-hydrogen) atoms. The highest BCUT2D eigenvalue weighted by Crippen LogP contribution is 2.20. The molecule has 1 unspecified atom stereocenters. The van der Waals surface area contributed by atoms with Crippen molar-refractivity contribution in [1.29, 1.82) is 5.41 Å². The fourth-order valence-corrected chi connectivity index (χ4v) is 2.35. The highest BCUT2D eigenvalue weighted by atomic mass is 16.5. The van der Waals surface area contributed by atoms with Gasteiger partial charge in [0.05, 0.1) is 7.11 Å². The van der Waals surface area contributed by atoms with Crippen LogP contribution >= 0.6 is 0 Å². The number of hydrogen-bond acceptors (Lipinski definition) is 2. The number of benzene rings is 2. The van der Waals surface area contributed by atoms with E-state index in [1.54, 1.807) is 7.11 Å². The number of amidine groups is 1. The van der Waals surface area contributed by atoms with Gasteiger partial charge in [0.1, 0.15) is 11.6 Å². The Bertz CT molecular complexity index is 595. The van der Waals surface area contributed by atoms with Crippen LogP contribution in [0.25, 0.3) is 0 Å². The Labute approximate surface area is 126 Å². The lowest BCUT2D eigenvalue weighted by Gasteiger charge is -2.28. The van der Waals surface area contributed by atoms with Gasteiger partial charge in [-0.25, -0.2) is 0 Å². The summed E-state index contributed by atoms with van der Waals surface area (Å²) in [4.78, 5) is 2.00. The van der Waals surface area contributed by atoms with E-state index in [4.69, 9.17) is 10.1 Å². The third kappa shape index (κ3) is 3.63. The molecule has 0 amide bonds. The number of para-hydroxylation sites is 1. The molecule has 2 aromatic rings. The van der Waals surface area contributed by atoms with Crippen molar-refractivity contribution in [2.75, 3.05) is 14.2 Å². The van der Waals surface area contributed by atoms with Crippen LogP contribution in [-0.4, -0.2) is 30.9 Å². The minimum Gasteiger partial charge on any atom is -0.496 e. The second kappa shape index (κ2) is 6.93. The molecule has 1 N–H and O–H groups in total. The Balaban J connectivity index is 2.09. The summed E-state index contributed by atoms with van der Waals surface area (Å²) in [5, 5.41) is 8.33. The average molecular weight is 282 g/mol. The van der Waals surface area contributed by atoms with Gasteiger partial charge in [-0.3, -0.25) is 5.41 Å². The maximum Gasteiger partial charge on any atom is 0.128 e. The van der Waals surface area contributed by atoms with E-state index in [1.807, 2.05) is 60.5 Å². The van der Waals surface area contributed by atoms with Crippen LogP contribution in [0, 0.1) is 5.41 Å². The predicted octanol–water partition coefficient (Wildman–Crippen LogP) is 3.58. The summed E-state index contributed by atoms with van der Waals surface area (Å²) in [6.45, 7) is 2.13. The van der Waals surface area contributed by atoms with Crippen molar-refractivity contribution in [3.63, 3.8) is 0 Å². The fraction of sp³-hybridized carbons (Fsp3) is 0.278. The lowest BCUT2D eigenvalue weighted by molar-refractivity contribution is 0.372. The molecule has 0 aliphatic heterocycles. The maximum absolute atomic E-state index is 8.33. The molecule has 1 atom stereocenters. The Kier molecular flexibility index (Phi) is 4.99. The second-order valence-electron chi connectivity index (χ2n) is 5.19. The molecule has 3 nitrogen and oxygen atoms in total. The van der Waals surface area contributed by atoms with Crippen molar-refractivity contribution >= 4 is 5.84 Å². The largest absolute Gasteiger partial charge is 0.496 e. The van der Waals surface area contributed by atoms with Crippen LogP contribution in [0.1, 0.15) is 18.1 Å². The van der Waals surface area contributed by atoms with Gasteiger partial charge in [-0.2, -0.15) is 0 Å². The summed E-state index contributed by atoms with van der Waals surface area (Å²) >= 11 is 0. The molecular weight excluding hydrogens is 260 g/mol. The zero-order valence-corrected chi connectivity index (χ0v) is 12.8. The van der Waals surface area contributed by atoms with Gasteiger partial charge in [0.15, 0.2) is 0 Å². The number of hydrogen-bond donors (Lipinski definition) is 1. The number of nitrogens with one attached hydrogen (secondary N) is 1. The van der Waals surface area contributed by atoms with Crippen LogP contribution in [0.2, 0.25) is 0 Å². The van der Waals surface area contributed by atoms with Crippen LogP contribution in [0.3, 0.4) is 0 Å². The smallest absolute Gasteiger partial charge is 0.128 e. The molecule has 0 aliphatic carbocycles. The molecule has 0 spiro atoms. The minimum atomic E-state index is 0.217. The van der Waals surface area contributed by atoms with Crippen molar-refractivity contribution < 1.29 is 4.74 Å². The van der Waals surface area contributed by atoms with E-state index >= 15 is 0 Å². The monoisotopic (exact) mass is 282 g/mol. The lowest BCUT2D eigenvalue weighted by atomic mass is 10.0. The lowest BCUT2D eigenvalue weighted by Crippen LogP contribution is -2.36. The summed E-state index contributed by atoms with van der Waals surface area (Å²) in [5.41, 5.74) is 2.10. The molecule has 0 saturated carbocycles. The first-order valence-electron chi connectivity index (χ1n) is 7.12. The van der Waals surface area contributed by atoms with Crippen LogP contribution in [-0.2, 0) is 6.42 Å². The summed E-state index contributed by atoms with van der Waals surface area (Å²) in [5.74, 6) is 1.45. The SMILES string of the molecule is COc1ccccc1CC(C)N(C)C(=N)c1ccccc1. The minimum absolute atomic E-state index is 0.217. The number of likely N-dealkylation sites (N-methyl/N-ethyl adjacent to an activating group) is 1. The van der Waals surface area contributed by atoms with Gasteiger partial charge in [-0.15, -0.1) is 0 Å². The zero-order valence-electron chi connectivity index (χ0n) is 12.8. The van der Waals surface area contributed by atoms with E-state index in [0.29, 0.717) is 5.84 Å². The molecule has 0 heterocycles. The molecular formula is C18H22N2O. The quantitative estimate of drug-likeness (QED) is 0.672. The number of ether oxygens (including phenoxy) is 1. The zero-order chi connectivity index (χ0) is 15.2. The van der Waals surface area contributed by atoms with Gasteiger partial charge in [-0.1, -0.05) is 48.5 Å². The van der Waals surface area contributed by atoms with Gasteiger partial charge in [0, 0.05) is 18.7 Å². The van der Waals surface area contributed by atoms with Crippen molar-refractivity contribution in [3.8, 4) is 5.75 Å². The predicted molar refractivity (Wildman–Crippen MR) is 87.2 cm³/mol. The van der Waals surface area contributed by atoms with E-state index < -0.39 is 0 Å². The Morgan fingerprint density at radius 3 is 2.38 bits per heavy atom. The van der Waals surface area contributed by atoms with Gasteiger partial charge in [0.25, 0.3) is 0 Å². The van der Waals surface area contributed by atoms with Crippen molar-refractivity contribution in [1.82, 2.24) is 4.90 Å². The molecule has 110 valence electrons. The van der Waals surface area contributed by atoms with Gasteiger partial charge >= 0.3 is 0 Å². The van der Waals surface area contributed by atoms with E-state index in [2.05, 4.69) is 13.0 Å². The van der Waals surface area contributed by atoms with Gasteiger partial charge in [-0.05, 0) is 25.0 Å². The highest BCUT2D eigenvalue weighted by molar-refractivity contribution is 5.96. The highest BCUT2D eigenvalue weighted by Gasteiger charge is 2.16. The van der Waals surface area contributed by atoms with Crippen molar-refractivity contribution in [2.45, 2.75) is 19.4 Å². The maximum atomic E-state index is 8.33. The first kappa shape index (κ1) is 15.1. The summed E-state index contributed by atoms with van der Waals surface area (Å²) in [7, 11) is 3.66. The molecule has 2 rings (SSSR count). The van der Waals surface area contributed by atoms with Crippen molar-refractivity contribution in [2.24, 2.45) is 0 Å². The molecule has 0 aliphatic rings. The van der Waals surface area contributed by atoms with E-state index in [9.17, 15) is 0 Å². The Morgan fingerprint density at radius 1 is 1.10 bits per heavy atom. The third-order valence-corrected chi connectivity index (χ3v) is 3.77. The van der Waals surface area contributed by atoms with E-state index in [-0.39, 0.29) is 6.04 Å². The normalized spacial score (nSPS) is 11.8. The number of rotatable bonds is 5. The summed E-state index contributed by atoms with van der Waals surface area (Å²) in [6.07, 6.45) is 0.843. The van der Waals surface area contributed by atoms with Crippen molar-refractivity contribution in [3.05, 3.63) is 65.7 Å². The second-order valence-corrected chi connectivity index (χ2v) is 5.19. The fourth-order valence-electron chi connectivity index (χ4n) is 2.35. The number of methoxy groups -OCH3 is 1. The molecule has 0 aromatic heterocycles. The van der Waals surface area contributed by atoms with E-state index in [1.165, 1.54) is 5.56 Å². The third-order valence-electron chi connectivity index (χ3n) is 3.77. The average Bonchev–Trinajstić information content (AvgIpc) is 2.54. The first-order chi connectivity index (χ1) is 10.1. The summed E-state index contributed by atoms with van der Waals surface area (Å²) in [6, 6.07) is 18.1. The molecule has 0 fully saturated rings. The molecule has 0 bridgehead atoms. The van der Waals surface area contributed by atoms with Crippen LogP contribution in [0.5, 0.6) is 5.75 Å².